The summed E-state index contributed by atoms with van der Waals surface area (Å²) in [6.07, 6.45) is 2.46. The predicted octanol–water partition coefficient (Wildman–Crippen LogP) is 0.988. The Morgan fingerprint density at radius 1 is 1.22 bits per heavy atom. The minimum absolute atomic E-state index is 0.472. The van der Waals surface area contributed by atoms with Gasteiger partial charge in [0, 0.05) is 6.54 Å². The fourth-order valence-electron chi connectivity index (χ4n) is 2.43. The maximum absolute atomic E-state index is 9.16. The molecule has 3 nitrogen and oxygen atoms in total. The van der Waals surface area contributed by atoms with Crippen molar-refractivity contribution in [2.75, 3.05) is 13.1 Å². The van der Waals surface area contributed by atoms with E-state index < -0.39 is 7.12 Å². The van der Waals surface area contributed by atoms with E-state index in [0.717, 1.165) is 25.2 Å². The number of piperidine rings is 1. The first-order valence-electron chi connectivity index (χ1n) is 6.64. The fraction of sp³-hybridized carbons (Fsp3) is 0.571. The van der Waals surface area contributed by atoms with Crippen molar-refractivity contribution >= 4 is 12.6 Å². The lowest BCUT2D eigenvalue weighted by Crippen LogP contribution is -2.37. The average Bonchev–Trinajstić information content (AvgIpc) is 2.32. The summed E-state index contributed by atoms with van der Waals surface area (Å²) < 4.78 is 0. The zero-order valence-corrected chi connectivity index (χ0v) is 11.3. The van der Waals surface area contributed by atoms with Gasteiger partial charge < -0.3 is 10.0 Å². The molecular formula is C14H22BNO2. The highest BCUT2D eigenvalue weighted by Crippen LogP contribution is 2.30. The molecule has 1 aliphatic rings. The third-order valence-corrected chi connectivity index (χ3v) is 3.86. The number of likely N-dealkylation sites (tertiary alicyclic amines) is 1. The summed E-state index contributed by atoms with van der Waals surface area (Å²) in [7, 11) is -1.37. The first kappa shape index (κ1) is 13.6. The van der Waals surface area contributed by atoms with Gasteiger partial charge >= 0.3 is 7.12 Å². The van der Waals surface area contributed by atoms with E-state index in [2.05, 4.69) is 18.7 Å². The summed E-state index contributed by atoms with van der Waals surface area (Å²) >= 11 is 0. The van der Waals surface area contributed by atoms with Gasteiger partial charge in [-0.25, -0.2) is 0 Å². The lowest BCUT2D eigenvalue weighted by atomic mass is 9.79. The molecule has 2 rings (SSSR count). The number of benzene rings is 1. The Morgan fingerprint density at radius 2 is 1.89 bits per heavy atom. The molecule has 18 heavy (non-hydrogen) atoms. The van der Waals surface area contributed by atoms with Crippen LogP contribution in [0.5, 0.6) is 0 Å². The molecule has 1 aromatic rings. The van der Waals surface area contributed by atoms with E-state index in [4.69, 9.17) is 10.0 Å². The van der Waals surface area contributed by atoms with E-state index in [9.17, 15) is 0 Å². The van der Waals surface area contributed by atoms with Crippen molar-refractivity contribution in [3.8, 4) is 0 Å². The zero-order valence-electron chi connectivity index (χ0n) is 11.3. The molecule has 0 unspecified atom stereocenters. The summed E-state index contributed by atoms with van der Waals surface area (Å²) in [5, 5.41) is 18.3. The second kappa shape index (κ2) is 5.43. The van der Waals surface area contributed by atoms with Crippen LogP contribution in [0.25, 0.3) is 0 Å². The molecule has 0 aliphatic carbocycles. The highest BCUT2D eigenvalue weighted by molar-refractivity contribution is 6.58. The van der Waals surface area contributed by atoms with Crippen LogP contribution in [0.2, 0.25) is 0 Å². The van der Waals surface area contributed by atoms with Crippen LogP contribution < -0.4 is 5.46 Å². The van der Waals surface area contributed by atoms with Gasteiger partial charge in [0.1, 0.15) is 0 Å². The molecule has 0 bridgehead atoms. The van der Waals surface area contributed by atoms with Crippen LogP contribution in [-0.4, -0.2) is 35.2 Å². The van der Waals surface area contributed by atoms with E-state index in [-0.39, 0.29) is 0 Å². The second-order valence-electron chi connectivity index (χ2n) is 6.06. The summed E-state index contributed by atoms with van der Waals surface area (Å²) in [4.78, 5) is 2.44. The Hall–Kier alpha value is -0.835. The topological polar surface area (TPSA) is 43.7 Å². The molecule has 4 heteroatoms. The van der Waals surface area contributed by atoms with Crippen molar-refractivity contribution in [1.82, 2.24) is 4.90 Å². The van der Waals surface area contributed by atoms with Crippen LogP contribution in [0, 0.1) is 5.41 Å². The monoisotopic (exact) mass is 247 g/mol. The highest BCUT2D eigenvalue weighted by atomic mass is 16.4. The van der Waals surface area contributed by atoms with Gasteiger partial charge in [-0.3, -0.25) is 4.90 Å². The number of hydrogen-bond acceptors (Lipinski definition) is 3. The molecule has 0 radical (unpaired) electrons. The normalized spacial score (nSPS) is 19.8. The molecule has 0 amide bonds. The molecule has 1 heterocycles. The Morgan fingerprint density at radius 3 is 2.50 bits per heavy atom. The first-order chi connectivity index (χ1) is 8.46. The minimum Gasteiger partial charge on any atom is -0.423 e. The Balaban J connectivity index is 1.96. The molecule has 0 spiro atoms. The van der Waals surface area contributed by atoms with E-state index in [1.54, 1.807) is 6.07 Å². The van der Waals surface area contributed by atoms with Gasteiger partial charge in [-0.05, 0) is 42.4 Å². The maximum atomic E-state index is 9.16. The molecule has 1 saturated heterocycles. The lowest BCUT2D eigenvalue weighted by molar-refractivity contribution is 0.127. The quantitative estimate of drug-likeness (QED) is 0.783. The van der Waals surface area contributed by atoms with Crippen LogP contribution in [0.4, 0.5) is 0 Å². The van der Waals surface area contributed by atoms with Gasteiger partial charge in [-0.2, -0.15) is 0 Å². The average molecular weight is 247 g/mol. The van der Waals surface area contributed by atoms with Crippen molar-refractivity contribution in [3.05, 3.63) is 29.8 Å². The molecule has 0 saturated carbocycles. The Kier molecular flexibility index (Phi) is 4.10. The van der Waals surface area contributed by atoms with Gasteiger partial charge in [-0.1, -0.05) is 38.1 Å². The van der Waals surface area contributed by atoms with Gasteiger partial charge in [0.05, 0.1) is 0 Å². The third-order valence-electron chi connectivity index (χ3n) is 3.86. The number of nitrogens with zero attached hydrogens (tertiary/aromatic N) is 1. The summed E-state index contributed by atoms with van der Waals surface area (Å²) in [5.74, 6) is 0. The fourth-order valence-corrected chi connectivity index (χ4v) is 2.43. The smallest absolute Gasteiger partial charge is 0.423 e. The SMILES string of the molecule is CC1(C)CCN(Cc2cccc(B(O)O)c2)CC1. The Labute approximate surface area is 110 Å². The summed E-state index contributed by atoms with van der Waals surface area (Å²) in [6.45, 7) is 7.80. The summed E-state index contributed by atoms with van der Waals surface area (Å²) in [5.41, 5.74) is 2.20. The van der Waals surface area contributed by atoms with Crippen molar-refractivity contribution in [1.29, 1.82) is 0 Å². The van der Waals surface area contributed by atoms with Crippen molar-refractivity contribution in [3.63, 3.8) is 0 Å². The second-order valence-corrected chi connectivity index (χ2v) is 6.06. The van der Waals surface area contributed by atoms with Crippen LogP contribution in [-0.2, 0) is 6.54 Å². The van der Waals surface area contributed by atoms with Gasteiger partial charge in [-0.15, -0.1) is 0 Å². The number of hydrogen-bond donors (Lipinski definition) is 2. The molecule has 2 N–H and O–H groups in total. The maximum Gasteiger partial charge on any atom is 0.488 e. The van der Waals surface area contributed by atoms with Gasteiger partial charge in [0.15, 0.2) is 0 Å². The molecule has 1 fully saturated rings. The molecule has 98 valence electrons. The number of rotatable bonds is 3. The summed E-state index contributed by atoms with van der Waals surface area (Å²) in [6, 6.07) is 7.56. The van der Waals surface area contributed by atoms with Crippen LogP contribution in [0.1, 0.15) is 32.3 Å². The van der Waals surface area contributed by atoms with E-state index in [0.29, 0.717) is 10.9 Å². The van der Waals surface area contributed by atoms with Crippen molar-refractivity contribution in [2.24, 2.45) is 5.41 Å². The van der Waals surface area contributed by atoms with Crippen LogP contribution >= 0.6 is 0 Å². The zero-order chi connectivity index (χ0) is 13.2. The van der Waals surface area contributed by atoms with E-state index >= 15 is 0 Å². The van der Waals surface area contributed by atoms with E-state index in [1.165, 1.54) is 12.8 Å². The highest BCUT2D eigenvalue weighted by Gasteiger charge is 2.25. The Bertz CT molecular complexity index is 397. The van der Waals surface area contributed by atoms with Crippen molar-refractivity contribution < 1.29 is 10.0 Å². The molecular weight excluding hydrogens is 225 g/mol. The molecule has 1 aromatic carbocycles. The van der Waals surface area contributed by atoms with Gasteiger partial charge in [0.2, 0.25) is 0 Å². The molecule has 1 aliphatic heterocycles. The van der Waals surface area contributed by atoms with E-state index in [1.807, 2.05) is 18.2 Å². The van der Waals surface area contributed by atoms with Crippen molar-refractivity contribution in [2.45, 2.75) is 33.2 Å². The molecule has 0 atom stereocenters. The predicted molar refractivity (Wildman–Crippen MR) is 74.6 cm³/mol. The van der Waals surface area contributed by atoms with Crippen LogP contribution in [0.15, 0.2) is 24.3 Å². The molecule has 0 aromatic heterocycles. The third kappa shape index (κ3) is 3.58. The van der Waals surface area contributed by atoms with Gasteiger partial charge in [0.25, 0.3) is 0 Å². The lowest BCUT2D eigenvalue weighted by Gasteiger charge is -2.37. The first-order valence-corrected chi connectivity index (χ1v) is 6.64. The standard InChI is InChI=1S/C14H22BNO2/c1-14(2)6-8-16(9-7-14)11-12-4-3-5-13(10-12)15(17)18/h3-5,10,17-18H,6-9,11H2,1-2H3. The largest absolute Gasteiger partial charge is 0.488 e. The minimum atomic E-state index is -1.37. The van der Waals surface area contributed by atoms with Crippen LogP contribution in [0.3, 0.4) is 0 Å².